The predicted molar refractivity (Wildman–Crippen MR) is 89.7 cm³/mol. The predicted octanol–water partition coefficient (Wildman–Crippen LogP) is 4.37. The molecule has 0 unspecified atom stereocenters. The lowest BCUT2D eigenvalue weighted by Crippen LogP contribution is -2.04. The highest BCUT2D eigenvalue weighted by molar-refractivity contribution is 14.1. The fraction of sp³-hybridized carbons (Fsp3) is 0.143. The molecule has 0 aliphatic carbocycles. The lowest BCUT2D eigenvalue weighted by Gasteiger charge is -2.11. The Morgan fingerprint density at radius 1 is 1.15 bits per heavy atom. The largest absolute Gasteiger partial charge is 0.380 e. The zero-order valence-corrected chi connectivity index (χ0v) is 13.0. The summed E-state index contributed by atoms with van der Waals surface area (Å²) in [5, 5.41) is 17.4. The maximum Gasteiger partial charge on any atom is 0.315 e. The third kappa shape index (κ3) is 3.38. The number of para-hydroxylation sites is 1. The van der Waals surface area contributed by atoms with Gasteiger partial charge in [0.2, 0.25) is 0 Å². The molecule has 0 saturated carbocycles. The lowest BCUT2D eigenvalue weighted by atomic mass is 10.2. The summed E-state index contributed by atoms with van der Waals surface area (Å²) >= 11 is 2.22. The minimum Gasteiger partial charge on any atom is -0.380 e. The molecule has 0 aromatic heterocycles. The van der Waals surface area contributed by atoms with E-state index in [1.54, 1.807) is 18.2 Å². The number of nitrogens with one attached hydrogen (secondary N) is 2. The first kappa shape index (κ1) is 14.6. The molecule has 104 valence electrons. The molecule has 2 aromatic rings. The number of nitrogens with zero attached hydrogens (tertiary/aromatic N) is 1. The van der Waals surface area contributed by atoms with E-state index in [4.69, 9.17) is 0 Å². The number of benzene rings is 2. The molecule has 0 bridgehead atoms. The van der Waals surface area contributed by atoms with Crippen LogP contribution >= 0.6 is 22.6 Å². The Balaban J connectivity index is 2.37. The van der Waals surface area contributed by atoms with E-state index in [0.717, 1.165) is 9.26 Å². The van der Waals surface area contributed by atoms with Gasteiger partial charge in [-0.1, -0.05) is 6.07 Å². The van der Waals surface area contributed by atoms with Gasteiger partial charge in [-0.3, -0.25) is 10.1 Å². The summed E-state index contributed by atoms with van der Waals surface area (Å²) in [6.45, 7) is 2.54. The van der Waals surface area contributed by atoms with Crippen LogP contribution in [-0.2, 0) is 0 Å². The minimum atomic E-state index is -0.368. The van der Waals surface area contributed by atoms with Crippen LogP contribution in [0.1, 0.15) is 6.92 Å². The molecule has 2 N–H and O–H groups in total. The van der Waals surface area contributed by atoms with Gasteiger partial charge < -0.3 is 10.6 Å². The van der Waals surface area contributed by atoms with Gasteiger partial charge in [0.25, 0.3) is 0 Å². The first-order valence-electron chi connectivity index (χ1n) is 6.15. The van der Waals surface area contributed by atoms with Gasteiger partial charge in [-0.25, -0.2) is 0 Å². The van der Waals surface area contributed by atoms with Crippen LogP contribution in [0.3, 0.4) is 0 Å². The molecule has 5 nitrogen and oxygen atoms in total. The van der Waals surface area contributed by atoms with Gasteiger partial charge >= 0.3 is 5.69 Å². The fourth-order valence-electron chi connectivity index (χ4n) is 1.86. The van der Waals surface area contributed by atoms with Gasteiger partial charge in [0.15, 0.2) is 0 Å². The topological polar surface area (TPSA) is 67.2 Å². The summed E-state index contributed by atoms with van der Waals surface area (Å²) in [5.41, 5.74) is 1.89. The van der Waals surface area contributed by atoms with Crippen molar-refractivity contribution in [3.63, 3.8) is 0 Å². The first-order valence-corrected chi connectivity index (χ1v) is 7.23. The SMILES string of the molecule is CCNc1cccc(Nc2ccc(I)cc2)c1[N+](=O)[O-]. The molecular weight excluding hydrogens is 369 g/mol. The van der Waals surface area contributed by atoms with E-state index < -0.39 is 0 Å². The second-order valence-electron chi connectivity index (χ2n) is 4.12. The summed E-state index contributed by atoms with van der Waals surface area (Å²) in [6, 6.07) is 12.9. The monoisotopic (exact) mass is 383 g/mol. The average Bonchev–Trinajstić information content (AvgIpc) is 2.41. The normalized spacial score (nSPS) is 10.1. The van der Waals surface area contributed by atoms with Crippen molar-refractivity contribution in [1.29, 1.82) is 0 Å². The van der Waals surface area contributed by atoms with Crippen molar-refractivity contribution in [3.8, 4) is 0 Å². The van der Waals surface area contributed by atoms with Crippen LogP contribution in [0.2, 0.25) is 0 Å². The number of halogens is 1. The Hall–Kier alpha value is -1.83. The summed E-state index contributed by atoms with van der Waals surface area (Å²) in [7, 11) is 0. The Morgan fingerprint density at radius 2 is 1.80 bits per heavy atom. The lowest BCUT2D eigenvalue weighted by molar-refractivity contribution is -0.383. The van der Waals surface area contributed by atoms with Crippen molar-refractivity contribution in [3.05, 3.63) is 56.1 Å². The molecule has 0 radical (unpaired) electrons. The van der Waals surface area contributed by atoms with E-state index in [1.165, 1.54) is 0 Å². The van der Waals surface area contributed by atoms with Crippen molar-refractivity contribution in [2.75, 3.05) is 17.2 Å². The molecule has 6 heteroatoms. The minimum absolute atomic E-state index is 0.0629. The number of nitro benzene ring substituents is 1. The molecule has 0 amide bonds. The quantitative estimate of drug-likeness (QED) is 0.457. The Morgan fingerprint density at radius 3 is 2.40 bits per heavy atom. The van der Waals surface area contributed by atoms with Crippen LogP contribution in [0.5, 0.6) is 0 Å². The van der Waals surface area contributed by atoms with Crippen LogP contribution in [0.15, 0.2) is 42.5 Å². The van der Waals surface area contributed by atoms with Crippen molar-refractivity contribution in [2.45, 2.75) is 6.92 Å². The fourth-order valence-corrected chi connectivity index (χ4v) is 2.22. The van der Waals surface area contributed by atoms with E-state index in [1.807, 2.05) is 31.2 Å². The molecule has 0 fully saturated rings. The van der Waals surface area contributed by atoms with E-state index in [9.17, 15) is 10.1 Å². The van der Waals surface area contributed by atoms with Gasteiger partial charge in [-0.2, -0.15) is 0 Å². The van der Waals surface area contributed by atoms with E-state index in [-0.39, 0.29) is 10.6 Å². The highest BCUT2D eigenvalue weighted by atomic mass is 127. The van der Waals surface area contributed by atoms with Gasteiger partial charge in [0.05, 0.1) is 4.92 Å². The average molecular weight is 383 g/mol. The molecular formula is C14H14IN3O2. The maximum atomic E-state index is 11.3. The van der Waals surface area contributed by atoms with Crippen LogP contribution in [0, 0.1) is 13.7 Å². The van der Waals surface area contributed by atoms with Crippen LogP contribution in [-0.4, -0.2) is 11.5 Å². The molecule has 20 heavy (non-hydrogen) atoms. The zero-order chi connectivity index (χ0) is 14.5. The molecule has 2 aromatic carbocycles. The highest BCUT2D eigenvalue weighted by Gasteiger charge is 2.19. The number of anilines is 3. The van der Waals surface area contributed by atoms with Crippen molar-refractivity contribution >= 4 is 45.3 Å². The summed E-state index contributed by atoms with van der Waals surface area (Å²) < 4.78 is 1.11. The third-order valence-electron chi connectivity index (χ3n) is 2.71. The van der Waals surface area contributed by atoms with E-state index in [2.05, 4.69) is 33.2 Å². The summed E-state index contributed by atoms with van der Waals surface area (Å²) in [4.78, 5) is 10.9. The Bertz CT molecular complexity index is 614. The first-order chi connectivity index (χ1) is 9.61. The second kappa shape index (κ2) is 6.56. The van der Waals surface area contributed by atoms with Gasteiger partial charge in [0.1, 0.15) is 11.4 Å². The third-order valence-corrected chi connectivity index (χ3v) is 3.43. The second-order valence-corrected chi connectivity index (χ2v) is 5.37. The summed E-state index contributed by atoms with van der Waals surface area (Å²) in [6.07, 6.45) is 0. The number of nitro groups is 1. The molecule has 0 heterocycles. The van der Waals surface area contributed by atoms with Crippen LogP contribution in [0.4, 0.5) is 22.7 Å². The van der Waals surface area contributed by atoms with Crippen LogP contribution in [0.25, 0.3) is 0 Å². The number of rotatable bonds is 5. The molecule has 2 rings (SSSR count). The highest BCUT2D eigenvalue weighted by Crippen LogP contribution is 2.34. The van der Waals surface area contributed by atoms with E-state index in [0.29, 0.717) is 17.9 Å². The molecule has 0 aliphatic heterocycles. The van der Waals surface area contributed by atoms with E-state index >= 15 is 0 Å². The van der Waals surface area contributed by atoms with Crippen molar-refractivity contribution in [1.82, 2.24) is 0 Å². The molecule has 0 saturated heterocycles. The Kier molecular flexibility index (Phi) is 4.78. The smallest absolute Gasteiger partial charge is 0.315 e. The van der Waals surface area contributed by atoms with Crippen molar-refractivity contribution in [2.24, 2.45) is 0 Å². The summed E-state index contributed by atoms with van der Waals surface area (Å²) in [5.74, 6) is 0. The van der Waals surface area contributed by atoms with Gasteiger partial charge in [-0.05, 0) is 65.9 Å². The standard InChI is InChI=1S/C14H14IN3O2/c1-2-16-12-4-3-5-13(14(12)18(19)20)17-11-8-6-10(15)7-9-11/h3-9,16-17H,2H2,1H3. The molecule has 0 atom stereocenters. The molecule has 0 aliphatic rings. The van der Waals surface area contributed by atoms with Gasteiger partial charge in [0, 0.05) is 15.8 Å². The number of hydrogen-bond donors (Lipinski definition) is 2. The molecule has 0 spiro atoms. The Labute approximate surface area is 130 Å². The zero-order valence-electron chi connectivity index (χ0n) is 10.9. The van der Waals surface area contributed by atoms with Crippen molar-refractivity contribution < 1.29 is 4.92 Å². The maximum absolute atomic E-state index is 11.3. The van der Waals surface area contributed by atoms with Gasteiger partial charge in [-0.15, -0.1) is 0 Å². The number of hydrogen-bond acceptors (Lipinski definition) is 4. The van der Waals surface area contributed by atoms with Crippen LogP contribution < -0.4 is 10.6 Å².